The Labute approximate surface area is 153 Å². The molecule has 11 heteroatoms. The van der Waals surface area contributed by atoms with Crippen LogP contribution in [0.2, 0.25) is 0 Å². The van der Waals surface area contributed by atoms with Gasteiger partial charge in [-0.15, -0.1) is 0 Å². The van der Waals surface area contributed by atoms with E-state index in [4.69, 9.17) is 0 Å². The Balaban J connectivity index is 4.97. The molecule has 0 aliphatic carbocycles. The normalized spacial score (nSPS) is 9.19. The molecule has 0 rings (SSSR count). The van der Waals surface area contributed by atoms with Crippen LogP contribution >= 0.6 is 0 Å². The minimum Gasteiger partial charge on any atom is -0.465 e. The third-order valence-corrected chi connectivity index (χ3v) is 2.79. The zero-order valence-electron chi connectivity index (χ0n) is 15.1. The predicted octanol–water partition coefficient (Wildman–Crippen LogP) is -0.619. The van der Waals surface area contributed by atoms with Gasteiger partial charge in [-0.05, 0) is 0 Å². The fourth-order valence-electron chi connectivity index (χ4n) is 1.52. The van der Waals surface area contributed by atoms with Gasteiger partial charge >= 0.3 is 35.8 Å². The summed E-state index contributed by atoms with van der Waals surface area (Å²) in [6.07, 6.45) is 0.514. The minimum absolute atomic E-state index is 0.553. The first-order valence-corrected chi connectivity index (χ1v) is 7.18. The topological polar surface area (TPSA) is 149 Å². The first-order chi connectivity index (χ1) is 12.7. The summed E-state index contributed by atoms with van der Waals surface area (Å²) in [4.78, 5) is 68.8. The Morgan fingerprint density at radius 1 is 0.556 bits per heavy atom. The molecule has 27 heavy (non-hydrogen) atoms. The van der Waals surface area contributed by atoms with E-state index in [0.717, 1.165) is 40.6 Å². The standard InChI is InChI=1S/C16H18O11/c1-23-13(19)9(14(20)24-2)5-7-11(17)27-12(18)8-6-10(15(21)25-3)16(22)26-4/h5-6H,7-8H2,1-4H3. The van der Waals surface area contributed by atoms with Gasteiger partial charge in [-0.1, -0.05) is 12.2 Å². The maximum Gasteiger partial charge on any atom is 0.344 e. The monoisotopic (exact) mass is 386 g/mol. The van der Waals surface area contributed by atoms with E-state index in [0.29, 0.717) is 0 Å². The number of carbonyl (C=O) groups is 6. The van der Waals surface area contributed by atoms with Gasteiger partial charge in [-0.3, -0.25) is 9.59 Å². The molecule has 0 fully saturated rings. The molecule has 11 nitrogen and oxygen atoms in total. The second-order valence-electron chi connectivity index (χ2n) is 4.46. The van der Waals surface area contributed by atoms with Crippen LogP contribution in [0.4, 0.5) is 0 Å². The van der Waals surface area contributed by atoms with Crippen molar-refractivity contribution < 1.29 is 52.5 Å². The Bertz CT molecular complexity index is 590. The summed E-state index contributed by atoms with van der Waals surface area (Å²) in [5.41, 5.74) is -1.11. The second kappa shape index (κ2) is 12.0. The van der Waals surface area contributed by atoms with Crippen molar-refractivity contribution in [3.8, 4) is 0 Å². The van der Waals surface area contributed by atoms with Crippen molar-refractivity contribution in [2.75, 3.05) is 28.4 Å². The summed E-state index contributed by atoms with van der Waals surface area (Å²) in [6.45, 7) is 0. The van der Waals surface area contributed by atoms with Crippen LogP contribution in [0.1, 0.15) is 12.8 Å². The van der Waals surface area contributed by atoms with E-state index in [-0.39, 0.29) is 0 Å². The van der Waals surface area contributed by atoms with E-state index in [1.54, 1.807) is 0 Å². The van der Waals surface area contributed by atoms with Crippen molar-refractivity contribution in [2.24, 2.45) is 0 Å². The first-order valence-electron chi connectivity index (χ1n) is 7.18. The predicted molar refractivity (Wildman–Crippen MR) is 84.6 cm³/mol. The lowest BCUT2D eigenvalue weighted by Gasteiger charge is -2.04. The van der Waals surface area contributed by atoms with Gasteiger partial charge in [-0.2, -0.15) is 0 Å². The molecule has 0 aromatic rings. The maximum atomic E-state index is 11.6. The van der Waals surface area contributed by atoms with Crippen LogP contribution in [0, 0.1) is 0 Å². The van der Waals surface area contributed by atoms with Crippen molar-refractivity contribution >= 4 is 35.8 Å². The SMILES string of the molecule is COC(=O)C(=CCC(=O)OC(=O)CC=C(C(=O)OC)C(=O)OC)C(=O)OC. The van der Waals surface area contributed by atoms with Gasteiger partial charge in [0.2, 0.25) is 0 Å². The van der Waals surface area contributed by atoms with E-state index in [1.165, 1.54) is 0 Å². The molecule has 0 heterocycles. The molecule has 148 valence electrons. The van der Waals surface area contributed by atoms with Gasteiger partial charge in [0.15, 0.2) is 0 Å². The molecule has 0 aromatic carbocycles. The Morgan fingerprint density at radius 2 is 0.815 bits per heavy atom. The van der Waals surface area contributed by atoms with Gasteiger partial charge in [0.05, 0.1) is 41.3 Å². The van der Waals surface area contributed by atoms with Crippen molar-refractivity contribution in [1.29, 1.82) is 0 Å². The lowest BCUT2D eigenvalue weighted by Crippen LogP contribution is -2.18. The van der Waals surface area contributed by atoms with Crippen LogP contribution in [-0.4, -0.2) is 64.3 Å². The number of hydrogen-bond acceptors (Lipinski definition) is 11. The number of esters is 6. The van der Waals surface area contributed by atoms with E-state index < -0.39 is 59.8 Å². The smallest absolute Gasteiger partial charge is 0.344 e. The quantitative estimate of drug-likeness (QED) is 0.173. The van der Waals surface area contributed by atoms with E-state index in [9.17, 15) is 28.8 Å². The molecule has 0 radical (unpaired) electrons. The molecular weight excluding hydrogens is 368 g/mol. The van der Waals surface area contributed by atoms with Crippen molar-refractivity contribution in [3.05, 3.63) is 23.3 Å². The summed E-state index contributed by atoms with van der Waals surface area (Å²) >= 11 is 0. The Hall–Kier alpha value is -3.50. The summed E-state index contributed by atoms with van der Waals surface area (Å²) in [5.74, 6) is -6.35. The minimum atomic E-state index is -1.10. The number of methoxy groups -OCH3 is 4. The van der Waals surface area contributed by atoms with Crippen LogP contribution in [0.25, 0.3) is 0 Å². The average Bonchev–Trinajstić information content (AvgIpc) is 2.66. The van der Waals surface area contributed by atoms with Crippen molar-refractivity contribution in [1.82, 2.24) is 0 Å². The Morgan fingerprint density at radius 3 is 1.04 bits per heavy atom. The van der Waals surface area contributed by atoms with Crippen LogP contribution in [0.15, 0.2) is 23.3 Å². The molecule has 0 bridgehead atoms. The highest BCUT2D eigenvalue weighted by Gasteiger charge is 2.22. The summed E-state index contributed by atoms with van der Waals surface area (Å²) in [6, 6.07) is 0. The van der Waals surface area contributed by atoms with E-state index in [2.05, 4.69) is 23.7 Å². The molecule has 0 N–H and O–H groups in total. The number of rotatable bonds is 8. The Kier molecular flexibility index (Phi) is 10.4. The molecule has 0 spiro atoms. The zero-order valence-corrected chi connectivity index (χ0v) is 15.1. The molecule has 0 atom stereocenters. The summed E-state index contributed by atoms with van der Waals surface area (Å²) in [7, 11) is 4.09. The summed E-state index contributed by atoms with van der Waals surface area (Å²) in [5, 5.41) is 0. The average molecular weight is 386 g/mol. The fraction of sp³-hybridized carbons (Fsp3) is 0.375. The van der Waals surface area contributed by atoms with E-state index in [1.807, 2.05) is 0 Å². The third-order valence-electron chi connectivity index (χ3n) is 2.79. The molecule has 0 aliphatic heterocycles. The molecule has 0 aromatic heterocycles. The summed E-state index contributed by atoms with van der Waals surface area (Å²) < 4.78 is 21.9. The molecule has 0 saturated heterocycles. The molecular formula is C16H18O11. The highest BCUT2D eigenvalue weighted by molar-refractivity contribution is 6.15. The van der Waals surface area contributed by atoms with Gasteiger partial charge in [0, 0.05) is 0 Å². The van der Waals surface area contributed by atoms with Gasteiger partial charge < -0.3 is 23.7 Å². The van der Waals surface area contributed by atoms with Crippen molar-refractivity contribution in [3.63, 3.8) is 0 Å². The second-order valence-corrected chi connectivity index (χ2v) is 4.46. The van der Waals surface area contributed by atoms with Gasteiger partial charge in [0.1, 0.15) is 11.1 Å². The first kappa shape index (κ1) is 23.5. The zero-order chi connectivity index (χ0) is 21.0. The van der Waals surface area contributed by atoms with Gasteiger partial charge in [0.25, 0.3) is 0 Å². The number of hydrogen-bond donors (Lipinski definition) is 0. The molecule has 0 aliphatic rings. The van der Waals surface area contributed by atoms with E-state index >= 15 is 0 Å². The van der Waals surface area contributed by atoms with Crippen molar-refractivity contribution in [2.45, 2.75) is 12.8 Å². The largest absolute Gasteiger partial charge is 0.465 e. The number of carbonyl (C=O) groups excluding carboxylic acids is 6. The third kappa shape index (κ3) is 7.94. The van der Waals surface area contributed by atoms with Crippen LogP contribution in [-0.2, 0) is 52.5 Å². The lowest BCUT2D eigenvalue weighted by atomic mass is 10.2. The van der Waals surface area contributed by atoms with Crippen LogP contribution in [0.5, 0.6) is 0 Å². The highest BCUT2D eigenvalue weighted by atomic mass is 16.6. The highest BCUT2D eigenvalue weighted by Crippen LogP contribution is 2.06. The molecule has 0 saturated carbocycles. The molecule has 0 unspecified atom stereocenters. The van der Waals surface area contributed by atoms with Crippen LogP contribution in [0.3, 0.4) is 0 Å². The van der Waals surface area contributed by atoms with Crippen LogP contribution < -0.4 is 0 Å². The number of ether oxygens (including phenoxy) is 5. The molecule has 0 amide bonds. The maximum absolute atomic E-state index is 11.6. The fourth-order valence-corrected chi connectivity index (χ4v) is 1.52. The lowest BCUT2D eigenvalue weighted by molar-refractivity contribution is -0.158. The van der Waals surface area contributed by atoms with Gasteiger partial charge in [-0.25, -0.2) is 19.2 Å².